The zero-order chi connectivity index (χ0) is 14.6. The van der Waals surface area contributed by atoms with Crippen molar-refractivity contribution in [2.24, 2.45) is 11.8 Å². The van der Waals surface area contributed by atoms with Crippen LogP contribution in [0.3, 0.4) is 0 Å². The number of likely N-dealkylation sites (tertiary alicyclic amines) is 1. The van der Waals surface area contributed by atoms with E-state index in [1.165, 1.54) is 0 Å². The lowest BCUT2D eigenvalue weighted by Gasteiger charge is -2.39. The standard InChI is InChI=1S/C15H29FN2O/c1-11(2)6-8-18-9-7-14(13(16)10-18)17(5)15(19)12(3)4/h11-14H,6-10H2,1-5H3/t13-,14-/m0/s1. The molecule has 1 heterocycles. The minimum absolute atomic E-state index is 0.0447. The van der Waals surface area contributed by atoms with E-state index in [4.69, 9.17) is 0 Å². The fourth-order valence-corrected chi connectivity index (χ4v) is 2.61. The second kappa shape index (κ2) is 7.22. The molecule has 0 aromatic rings. The summed E-state index contributed by atoms with van der Waals surface area (Å²) < 4.78 is 14.3. The van der Waals surface area contributed by atoms with E-state index in [1.807, 2.05) is 13.8 Å². The second-order valence-electron chi connectivity index (χ2n) is 6.46. The van der Waals surface area contributed by atoms with Gasteiger partial charge in [0.25, 0.3) is 0 Å². The van der Waals surface area contributed by atoms with Crippen LogP contribution in [0.2, 0.25) is 0 Å². The van der Waals surface area contributed by atoms with Gasteiger partial charge >= 0.3 is 0 Å². The monoisotopic (exact) mass is 272 g/mol. The first-order valence-electron chi connectivity index (χ1n) is 7.46. The molecule has 1 fully saturated rings. The maximum Gasteiger partial charge on any atom is 0.225 e. The van der Waals surface area contributed by atoms with E-state index in [1.54, 1.807) is 11.9 Å². The zero-order valence-corrected chi connectivity index (χ0v) is 13.0. The summed E-state index contributed by atoms with van der Waals surface area (Å²) in [4.78, 5) is 15.7. The van der Waals surface area contributed by atoms with Crippen LogP contribution in [0.15, 0.2) is 0 Å². The third-order valence-electron chi connectivity index (χ3n) is 3.95. The van der Waals surface area contributed by atoms with E-state index in [0.717, 1.165) is 25.9 Å². The van der Waals surface area contributed by atoms with Crippen molar-refractivity contribution >= 4 is 5.91 Å². The van der Waals surface area contributed by atoms with Gasteiger partial charge in [0, 0.05) is 26.1 Å². The number of carbonyl (C=O) groups excluding carboxylic acids is 1. The Bertz CT molecular complexity index is 294. The highest BCUT2D eigenvalue weighted by atomic mass is 19.1. The van der Waals surface area contributed by atoms with Crippen LogP contribution >= 0.6 is 0 Å². The van der Waals surface area contributed by atoms with E-state index >= 15 is 0 Å². The van der Waals surface area contributed by atoms with Crippen LogP contribution in [0.1, 0.15) is 40.5 Å². The van der Waals surface area contributed by atoms with Gasteiger partial charge in [-0.05, 0) is 25.3 Å². The Morgan fingerprint density at radius 1 is 1.37 bits per heavy atom. The molecule has 0 saturated carbocycles. The van der Waals surface area contributed by atoms with Crippen molar-refractivity contribution in [3.63, 3.8) is 0 Å². The topological polar surface area (TPSA) is 23.6 Å². The molecule has 0 N–H and O–H groups in total. The maximum absolute atomic E-state index is 14.3. The molecule has 3 nitrogen and oxygen atoms in total. The molecule has 0 aromatic heterocycles. The van der Waals surface area contributed by atoms with E-state index in [-0.39, 0.29) is 17.9 Å². The van der Waals surface area contributed by atoms with Crippen molar-refractivity contribution in [1.29, 1.82) is 0 Å². The molecule has 1 aliphatic rings. The smallest absolute Gasteiger partial charge is 0.225 e. The molecule has 0 unspecified atom stereocenters. The Hall–Kier alpha value is -0.640. The molecule has 112 valence electrons. The minimum atomic E-state index is -0.923. The SMILES string of the molecule is CC(C)CCN1CC[C@H](N(C)C(=O)C(C)C)[C@@H](F)C1. The number of amides is 1. The third kappa shape index (κ3) is 4.75. The molecule has 0 bridgehead atoms. The van der Waals surface area contributed by atoms with Gasteiger partial charge in [0.15, 0.2) is 0 Å². The quantitative estimate of drug-likeness (QED) is 0.768. The number of halogens is 1. The lowest BCUT2D eigenvalue weighted by molar-refractivity contribution is -0.138. The molecule has 0 aliphatic carbocycles. The van der Waals surface area contributed by atoms with Crippen LogP contribution in [0, 0.1) is 11.8 Å². The summed E-state index contributed by atoms with van der Waals surface area (Å²) in [6, 6.07) is -0.245. The van der Waals surface area contributed by atoms with Crippen molar-refractivity contribution in [2.45, 2.75) is 52.8 Å². The molecule has 1 rings (SSSR count). The summed E-state index contributed by atoms with van der Waals surface area (Å²) in [6.07, 6.45) is 0.931. The van der Waals surface area contributed by atoms with Gasteiger partial charge in [0.1, 0.15) is 6.17 Å². The van der Waals surface area contributed by atoms with Crippen molar-refractivity contribution < 1.29 is 9.18 Å². The van der Waals surface area contributed by atoms with E-state index < -0.39 is 6.17 Å². The number of piperidine rings is 1. The number of hydrogen-bond acceptors (Lipinski definition) is 2. The Kier molecular flexibility index (Phi) is 6.24. The van der Waals surface area contributed by atoms with Crippen LogP contribution in [0.25, 0.3) is 0 Å². The summed E-state index contributed by atoms with van der Waals surface area (Å²) in [5, 5.41) is 0. The fraction of sp³-hybridized carbons (Fsp3) is 0.933. The Balaban J connectivity index is 2.47. The van der Waals surface area contributed by atoms with Crippen LogP contribution in [-0.2, 0) is 4.79 Å². The summed E-state index contributed by atoms with van der Waals surface area (Å²) in [6.45, 7) is 10.4. The van der Waals surface area contributed by atoms with Gasteiger partial charge in [0.05, 0.1) is 6.04 Å². The van der Waals surface area contributed by atoms with Crippen LogP contribution in [-0.4, -0.2) is 54.6 Å². The Labute approximate surface area is 117 Å². The highest BCUT2D eigenvalue weighted by Gasteiger charge is 2.34. The van der Waals surface area contributed by atoms with Gasteiger partial charge in [-0.15, -0.1) is 0 Å². The first kappa shape index (κ1) is 16.4. The highest BCUT2D eigenvalue weighted by molar-refractivity contribution is 5.78. The predicted molar refractivity (Wildman–Crippen MR) is 76.8 cm³/mol. The molecular formula is C15H29FN2O. The molecule has 1 aliphatic heterocycles. The van der Waals surface area contributed by atoms with E-state index in [2.05, 4.69) is 18.7 Å². The normalized spacial score (nSPS) is 25.1. The second-order valence-corrected chi connectivity index (χ2v) is 6.46. The lowest BCUT2D eigenvalue weighted by Crippen LogP contribution is -2.53. The van der Waals surface area contributed by atoms with Crippen molar-refractivity contribution in [1.82, 2.24) is 9.80 Å². The third-order valence-corrected chi connectivity index (χ3v) is 3.95. The van der Waals surface area contributed by atoms with Gasteiger partial charge < -0.3 is 9.80 Å². The zero-order valence-electron chi connectivity index (χ0n) is 13.0. The van der Waals surface area contributed by atoms with Crippen LogP contribution in [0.4, 0.5) is 4.39 Å². The summed E-state index contributed by atoms with van der Waals surface area (Å²) in [5.41, 5.74) is 0. The fourth-order valence-electron chi connectivity index (χ4n) is 2.61. The molecule has 1 amide bonds. The average molecular weight is 272 g/mol. The summed E-state index contributed by atoms with van der Waals surface area (Å²) >= 11 is 0. The highest BCUT2D eigenvalue weighted by Crippen LogP contribution is 2.21. The van der Waals surface area contributed by atoms with Crippen LogP contribution < -0.4 is 0 Å². The molecule has 0 spiro atoms. The first-order chi connectivity index (χ1) is 8.82. The van der Waals surface area contributed by atoms with Crippen molar-refractivity contribution in [2.75, 3.05) is 26.7 Å². The molecule has 4 heteroatoms. The van der Waals surface area contributed by atoms with Gasteiger partial charge in [-0.25, -0.2) is 4.39 Å². The predicted octanol–water partition coefficient (Wildman–Crippen LogP) is 2.56. The van der Waals surface area contributed by atoms with Gasteiger partial charge in [-0.1, -0.05) is 27.7 Å². The number of nitrogens with zero attached hydrogens (tertiary/aromatic N) is 2. The summed E-state index contributed by atoms with van der Waals surface area (Å²) in [5.74, 6) is 0.639. The van der Waals surface area contributed by atoms with E-state index in [9.17, 15) is 9.18 Å². The number of hydrogen-bond donors (Lipinski definition) is 0. The Morgan fingerprint density at radius 2 is 2.00 bits per heavy atom. The van der Waals surface area contributed by atoms with Crippen molar-refractivity contribution in [3.05, 3.63) is 0 Å². The van der Waals surface area contributed by atoms with Crippen LogP contribution in [0.5, 0.6) is 0 Å². The number of alkyl halides is 1. The number of carbonyl (C=O) groups is 1. The minimum Gasteiger partial charge on any atom is -0.340 e. The first-order valence-corrected chi connectivity index (χ1v) is 7.46. The maximum atomic E-state index is 14.3. The Morgan fingerprint density at radius 3 is 2.47 bits per heavy atom. The van der Waals surface area contributed by atoms with Gasteiger partial charge in [-0.3, -0.25) is 4.79 Å². The molecule has 19 heavy (non-hydrogen) atoms. The molecule has 1 saturated heterocycles. The molecule has 0 aromatic carbocycles. The number of rotatable bonds is 5. The van der Waals surface area contributed by atoms with Gasteiger partial charge in [-0.2, -0.15) is 0 Å². The lowest BCUT2D eigenvalue weighted by atomic mass is 9.99. The molecular weight excluding hydrogens is 243 g/mol. The van der Waals surface area contributed by atoms with E-state index in [0.29, 0.717) is 12.5 Å². The molecule has 2 atom stereocenters. The largest absolute Gasteiger partial charge is 0.340 e. The average Bonchev–Trinajstić information content (AvgIpc) is 2.34. The van der Waals surface area contributed by atoms with Crippen molar-refractivity contribution in [3.8, 4) is 0 Å². The summed E-state index contributed by atoms with van der Waals surface area (Å²) in [7, 11) is 1.74. The molecule has 0 radical (unpaired) electrons. The van der Waals surface area contributed by atoms with Gasteiger partial charge in [0.2, 0.25) is 5.91 Å².